The van der Waals surface area contributed by atoms with E-state index < -0.39 is 99.0 Å². The normalized spacial score (nSPS) is 9.65. The van der Waals surface area contributed by atoms with E-state index in [1.165, 1.54) is 0 Å². The highest BCUT2D eigenvalue weighted by atomic mass is 16.4. The molecule has 0 atom stereocenters. The maximum Gasteiger partial charge on any atom is 0.322 e. The molecule has 8 amide bonds. The van der Waals surface area contributed by atoms with Gasteiger partial charge in [-0.05, 0) is 0 Å². The summed E-state index contributed by atoms with van der Waals surface area (Å²) in [6.45, 7) is -4.31. The number of nitrogens with one attached hydrogen (secondary N) is 8. The lowest BCUT2D eigenvalue weighted by atomic mass is 10.4. The van der Waals surface area contributed by atoms with Crippen LogP contribution in [-0.2, 0) is 43.2 Å². The van der Waals surface area contributed by atoms with Crippen LogP contribution < -0.4 is 48.3 Å². The molecule has 0 aromatic carbocycles. The van der Waals surface area contributed by atoms with Crippen molar-refractivity contribution < 1.29 is 48.3 Å². The summed E-state index contributed by atoms with van der Waals surface area (Å²) >= 11 is 0. The van der Waals surface area contributed by atoms with Gasteiger partial charge in [0.05, 0.1) is 52.4 Å². The molecule has 0 unspecified atom stereocenters. The van der Waals surface area contributed by atoms with Gasteiger partial charge >= 0.3 is 5.97 Å². The first-order valence-electron chi connectivity index (χ1n) is 10.5. The molecule has 0 heterocycles. The van der Waals surface area contributed by atoms with Crippen molar-refractivity contribution in [2.75, 3.05) is 58.9 Å². The van der Waals surface area contributed by atoms with Gasteiger partial charge in [0.15, 0.2) is 0 Å². The number of rotatable bonds is 17. The summed E-state index contributed by atoms with van der Waals surface area (Å²) in [5, 5.41) is 25.7. The van der Waals surface area contributed by atoms with E-state index in [0.29, 0.717) is 0 Å². The molecule has 0 aliphatic heterocycles. The fourth-order valence-electron chi connectivity index (χ4n) is 1.94. The Morgan fingerprint density at radius 3 is 0.757 bits per heavy atom. The van der Waals surface area contributed by atoms with Crippen LogP contribution in [0.5, 0.6) is 0 Å². The molecule has 0 aliphatic carbocycles. The minimum atomic E-state index is -1.26. The van der Waals surface area contributed by atoms with Crippen LogP contribution in [0.1, 0.15) is 0 Å². The first-order valence-corrected chi connectivity index (χ1v) is 10.5. The lowest BCUT2D eigenvalue weighted by Crippen LogP contribution is -2.47. The Morgan fingerprint density at radius 1 is 0.378 bits per heavy atom. The Balaban J connectivity index is 3.93. The lowest BCUT2D eigenvalue weighted by Gasteiger charge is -2.09. The van der Waals surface area contributed by atoms with Gasteiger partial charge in [0.1, 0.15) is 6.54 Å². The molecule has 206 valence electrons. The zero-order valence-electron chi connectivity index (χ0n) is 19.6. The number of hydrogen-bond acceptors (Lipinski definition) is 10. The molecule has 0 aliphatic rings. The molecular formula is C18H29N9O10. The molecule has 0 bridgehead atoms. The van der Waals surface area contributed by atoms with E-state index in [0.717, 1.165) is 0 Å². The average Bonchev–Trinajstić information content (AvgIpc) is 2.87. The number of hydrogen-bond donors (Lipinski definition) is 10. The summed E-state index contributed by atoms with van der Waals surface area (Å²) in [4.78, 5) is 102. The van der Waals surface area contributed by atoms with Gasteiger partial charge in [-0.25, -0.2) is 0 Å². The van der Waals surface area contributed by atoms with Gasteiger partial charge in [0, 0.05) is 0 Å². The molecule has 0 aromatic heterocycles. The highest BCUT2D eigenvalue weighted by Crippen LogP contribution is 1.74. The third-order valence-corrected chi connectivity index (χ3v) is 3.74. The second-order valence-electron chi connectivity index (χ2n) is 6.81. The highest BCUT2D eigenvalue weighted by molar-refractivity contribution is 5.93. The van der Waals surface area contributed by atoms with Crippen LogP contribution in [0.25, 0.3) is 0 Å². The number of aliphatic carboxylic acids is 1. The fourth-order valence-corrected chi connectivity index (χ4v) is 1.94. The fraction of sp³-hybridized carbons (Fsp3) is 0.500. The largest absolute Gasteiger partial charge is 0.480 e. The van der Waals surface area contributed by atoms with Gasteiger partial charge in [0.2, 0.25) is 47.3 Å². The summed E-state index contributed by atoms with van der Waals surface area (Å²) < 4.78 is 0. The first-order chi connectivity index (χ1) is 17.4. The SMILES string of the molecule is NCC(=O)NCC(=O)NCC(=O)NCC(=O)NCC(=O)NCC(=O)NCC(=O)NCC(=O)NCC(=O)O. The molecule has 0 aromatic rings. The highest BCUT2D eigenvalue weighted by Gasteiger charge is 2.12. The van der Waals surface area contributed by atoms with Crippen LogP contribution in [0.3, 0.4) is 0 Å². The summed E-state index contributed by atoms with van der Waals surface area (Å²) in [7, 11) is 0. The summed E-state index contributed by atoms with van der Waals surface area (Å²) in [5.74, 6) is -6.88. The predicted octanol–water partition coefficient (Wildman–Crippen LogP) is -8.04. The second kappa shape index (κ2) is 18.5. The molecule has 0 saturated carbocycles. The van der Waals surface area contributed by atoms with E-state index in [-0.39, 0.29) is 13.1 Å². The molecule has 0 fully saturated rings. The summed E-state index contributed by atoms with van der Waals surface area (Å²) in [5.41, 5.74) is 5.05. The minimum absolute atomic E-state index is 0.297. The van der Waals surface area contributed by atoms with E-state index in [1.807, 2.05) is 5.32 Å². The second-order valence-corrected chi connectivity index (χ2v) is 6.81. The van der Waals surface area contributed by atoms with E-state index in [1.54, 1.807) is 0 Å². The molecular weight excluding hydrogens is 502 g/mol. The van der Waals surface area contributed by atoms with Crippen molar-refractivity contribution in [2.24, 2.45) is 5.73 Å². The van der Waals surface area contributed by atoms with E-state index in [4.69, 9.17) is 10.8 Å². The molecule has 0 saturated heterocycles. The van der Waals surface area contributed by atoms with Gasteiger partial charge in [-0.2, -0.15) is 0 Å². The number of carbonyl (C=O) groups excluding carboxylic acids is 8. The smallest absolute Gasteiger partial charge is 0.322 e. The zero-order chi connectivity index (χ0) is 28.2. The van der Waals surface area contributed by atoms with E-state index >= 15 is 0 Å². The van der Waals surface area contributed by atoms with Crippen molar-refractivity contribution >= 4 is 53.2 Å². The van der Waals surface area contributed by atoms with Crippen molar-refractivity contribution in [1.82, 2.24) is 42.5 Å². The number of carbonyl (C=O) groups is 9. The van der Waals surface area contributed by atoms with Gasteiger partial charge in [-0.1, -0.05) is 0 Å². The molecule has 19 heteroatoms. The minimum Gasteiger partial charge on any atom is -0.480 e. The average molecular weight is 531 g/mol. The summed E-state index contributed by atoms with van der Waals surface area (Å²) in [6, 6.07) is 0. The van der Waals surface area contributed by atoms with Crippen LogP contribution in [0, 0.1) is 0 Å². The quantitative estimate of drug-likeness (QED) is 0.0840. The maximum atomic E-state index is 11.7. The van der Waals surface area contributed by atoms with Crippen molar-refractivity contribution in [3.8, 4) is 0 Å². The van der Waals surface area contributed by atoms with Crippen molar-refractivity contribution in [3.63, 3.8) is 0 Å². The van der Waals surface area contributed by atoms with Crippen LogP contribution in [-0.4, -0.2) is 117 Å². The van der Waals surface area contributed by atoms with Crippen molar-refractivity contribution in [2.45, 2.75) is 0 Å². The van der Waals surface area contributed by atoms with Gasteiger partial charge in [-0.15, -0.1) is 0 Å². The van der Waals surface area contributed by atoms with Crippen LogP contribution >= 0.6 is 0 Å². The molecule has 19 nitrogen and oxygen atoms in total. The van der Waals surface area contributed by atoms with Crippen molar-refractivity contribution in [3.05, 3.63) is 0 Å². The van der Waals surface area contributed by atoms with E-state index in [9.17, 15) is 43.2 Å². The van der Waals surface area contributed by atoms with Crippen LogP contribution in [0.15, 0.2) is 0 Å². The Kier molecular flexibility index (Phi) is 16.1. The number of nitrogens with two attached hydrogens (primary N) is 1. The molecule has 37 heavy (non-hydrogen) atoms. The standard InChI is InChI=1S/C18H29N9O10/c19-1-10(28)20-2-11(29)21-3-12(30)22-4-13(31)23-5-14(32)24-6-15(33)25-7-16(34)26-8-17(35)27-9-18(36)37/h1-9,19H2,(H,20,28)(H,21,29)(H,22,30)(H,23,31)(H,24,32)(H,25,33)(H,26,34)(H,27,35)(H,36,37). The number of carboxylic acids is 1. The molecule has 11 N–H and O–H groups in total. The Bertz CT molecular complexity index is 893. The topological polar surface area (TPSA) is 296 Å². The number of carboxylic acid groups (broad SMARTS) is 1. The maximum absolute atomic E-state index is 11.7. The molecule has 0 spiro atoms. The van der Waals surface area contributed by atoms with Gasteiger partial charge < -0.3 is 53.4 Å². The lowest BCUT2D eigenvalue weighted by molar-refractivity contribution is -0.138. The predicted molar refractivity (Wildman–Crippen MR) is 121 cm³/mol. The van der Waals surface area contributed by atoms with Crippen LogP contribution in [0.2, 0.25) is 0 Å². The molecule has 0 radical (unpaired) electrons. The molecule has 0 rings (SSSR count). The Morgan fingerprint density at radius 2 is 0.568 bits per heavy atom. The Hall–Kier alpha value is -4.81. The van der Waals surface area contributed by atoms with Gasteiger partial charge in [0.25, 0.3) is 0 Å². The van der Waals surface area contributed by atoms with Gasteiger partial charge in [-0.3, -0.25) is 43.2 Å². The third-order valence-electron chi connectivity index (χ3n) is 3.74. The van der Waals surface area contributed by atoms with Crippen molar-refractivity contribution in [1.29, 1.82) is 0 Å². The summed E-state index contributed by atoms with van der Waals surface area (Å²) in [6.07, 6.45) is 0. The monoisotopic (exact) mass is 531 g/mol. The Labute approximate surface area is 209 Å². The van der Waals surface area contributed by atoms with Crippen LogP contribution in [0.4, 0.5) is 0 Å². The first kappa shape index (κ1) is 32.2. The number of amides is 8. The third kappa shape index (κ3) is 19.2. The van der Waals surface area contributed by atoms with E-state index in [2.05, 4.69) is 37.2 Å². The zero-order valence-corrected chi connectivity index (χ0v) is 19.6.